The molecule has 2 aromatic carbocycles. The van der Waals surface area contributed by atoms with Crippen molar-refractivity contribution in [2.24, 2.45) is 0 Å². The summed E-state index contributed by atoms with van der Waals surface area (Å²) in [6.45, 7) is 10.1. The van der Waals surface area contributed by atoms with Crippen molar-refractivity contribution in [1.82, 2.24) is 0 Å². The summed E-state index contributed by atoms with van der Waals surface area (Å²) >= 11 is 0. The molecule has 0 aliphatic carbocycles. The van der Waals surface area contributed by atoms with Gasteiger partial charge in [-0.3, -0.25) is 0 Å². The number of benzene rings is 2. The molecule has 0 atom stereocenters. The maximum absolute atomic E-state index is 12.7. The van der Waals surface area contributed by atoms with Crippen LogP contribution in [0.25, 0.3) is 0 Å². The van der Waals surface area contributed by atoms with Gasteiger partial charge in [0.15, 0.2) is 0 Å². The number of hydrogen-bond donors (Lipinski definition) is 2. The van der Waals surface area contributed by atoms with Gasteiger partial charge in [-0.2, -0.15) is 0 Å². The Balaban J connectivity index is 2.03. The van der Waals surface area contributed by atoms with E-state index in [9.17, 15) is 4.79 Å². The van der Waals surface area contributed by atoms with Crippen molar-refractivity contribution >= 4 is 17.3 Å². The highest BCUT2D eigenvalue weighted by Gasteiger charge is 2.31. The van der Waals surface area contributed by atoms with Crippen LogP contribution >= 0.6 is 0 Å². The number of anilines is 2. The highest BCUT2D eigenvalue weighted by atomic mass is 16.5. The first kappa shape index (κ1) is 18.1. The quantitative estimate of drug-likeness (QED) is 0.482. The molecule has 138 valence electrons. The summed E-state index contributed by atoms with van der Waals surface area (Å²) < 4.78 is 12.0. The SMILES string of the molecule is Cc1c(C)c2c(c(C)c1OC(=O)c1cc(N)ccc1N)CCC(C)(C)O2. The summed E-state index contributed by atoms with van der Waals surface area (Å²) in [5.74, 6) is 0.994. The van der Waals surface area contributed by atoms with Gasteiger partial charge in [-0.05, 0) is 82.3 Å². The van der Waals surface area contributed by atoms with Gasteiger partial charge in [0, 0.05) is 16.9 Å². The van der Waals surface area contributed by atoms with Crippen LogP contribution in [0.1, 0.15) is 52.9 Å². The number of nitrogen functional groups attached to an aromatic ring is 2. The number of rotatable bonds is 2. The van der Waals surface area contributed by atoms with E-state index in [0.29, 0.717) is 17.1 Å². The molecule has 4 N–H and O–H groups in total. The van der Waals surface area contributed by atoms with Gasteiger partial charge in [0.25, 0.3) is 0 Å². The lowest BCUT2D eigenvalue weighted by Gasteiger charge is -2.35. The molecule has 26 heavy (non-hydrogen) atoms. The number of esters is 1. The van der Waals surface area contributed by atoms with E-state index in [1.165, 1.54) is 0 Å². The van der Waals surface area contributed by atoms with E-state index in [0.717, 1.165) is 40.8 Å². The number of hydrogen-bond acceptors (Lipinski definition) is 5. The molecule has 1 heterocycles. The second-order valence-corrected chi connectivity index (χ2v) is 7.61. The molecule has 0 saturated heterocycles. The topological polar surface area (TPSA) is 87.6 Å². The molecule has 0 unspecified atom stereocenters. The highest BCUT2D eigenvalue weighted by molar-refractivity contribution is 5.97. The van der Waals surface area contributed by atoms with Crippen LogP contribution in [0.3, 0.4) is 0 Å². The minimum Gasteiger partial charge on any atom is -0.487 e. The van der Waals surface area contributed by atoms with Gasteiger partial charge < -0.3 is 20.9 Å². The number of fused-ring (bicyclic) bond motifs is 1. The average molecular weight is 354 g/mol. The Hall–Kier alpha value is -2.69. The highest BCUT2D eigenvalue weighted by Crippen LogP contribution is 2.43. The van der Waals surface area contributed by atoms with E-state index in [1.807, 2.05) is 20.8 Å². The Labute approximate surface area is 154 Å². The van der Waals surface area contributed by atoms with Gasteiger partial charge in [0.1, 0.15) is 17.1 Å². The lowest BCUT2D eigenvalue weighted by molar-refractivity contribution is 0.0723. The Morgan fingerprint density at radius 1 is 1.12 bits per heavy atom. The summed E-state index contributed by atoms with van der Waals surface area (Å²) in [7, 11) is 0. The molecule has 1 aliphatic heterocycles. The van der Waals surface area contributed by atoms with Crippen LogP contribution in [-0.4, -0.2) is 11.6 Å². The van der Waals surface area contributed by atoms with Gasteiger partial charge in [-0.1, -0.05) is 0 Å². The van der Waals surface area contributed by atoms with Crippen LogP contribution in [0, 0.1) is 20.8 Å². The van der Waals surface area contributed by atoms with Crippen molar-refractivity contribution in [1.29, 1.82) is 0 Å². The van der Waals surface area contributed by atoms with Gasteiger partial charge in [0.05, 0.1) is 5.56 Å². The molecule has 5 nitrogen and oxygen atoms in total. The molecule has 5 heteroatoms. The molecular weight excluding hydrogens is 328 g/mol. The predicted octanol–water partition coefficient (Wildman–Crippen LogP) is 4.10. The van der Waals surface area contributed by atoms with Crippen LogP contribution in [0.15, 0.2) is 18.2 Å². The zero-order valence-electron chi connectivity index (χ0n) is 16.0. The monoisotopic (exact) mass is 354 g/mol. The Morgan fingerprint density at radius 3 is 2.50 bits per heavy atom. The Morgan fingerprint density at radius 2 is 1.81 bits per heavy atom. The Bertz CT molecular complexity index is 901. The third-order valence-corrected chi connectivity index (χ3v) is 5.16. The fraction of sp³-hybridized carbons (Fsp3) is 0.381. The molecule has 0 aromatic heterocycles. The van der Waals surface area contributed by atoms with Gasteiger partial charge >= 0.3 is 5.97 Å². The van der Waals surface area contributed by atoms with Crippen LogP contribution in [0.5, 0.6) is 11.5 Å². The van der Waals surface area contributed by atoms with Crippen LogP contribution in [0.2, 0.25) is 0 Å². The fourth-order valence-electron chi connectivity index (χ4n) is 3.40. The summed E-state index contributed by atoms with van der Waals surface area (Å²) in [6, 6.07) is 4.81. The molecule has 0 bridgehead atoms. The number of nitrogens with two attached hydrogens (primary N) is 2. The second kappa shape index (κ2) is 6.24. The molecule has 3 rings (SSSR count). The first-order valence-electron chi connectivity index (χ1n) is 8.79. The number of ether oxygens (including phenoxy) is 2. The van der Waals surface area contributed by atoms with Gasteiger partial charge in [-0.15, -0.1) is 0 Å². The average Bonchev–Trinajstić information content (AvgIpc) is 2.58. The normalized spacial score (nSPS) is 15.1. The van der Waals surface area contributed by atoms with Crippen molar-refractivity contribution in [3.63, 3.8) is 0 Å². The van der Waals surface area contributed by atoms with Crippen LogP contribution in [0.4, 0.5) is 11.4 Å². The van der Waals surface area contributed by atoms with Crippen molar-refractivity contribution in [3.05, 3.63) is 46.0 Å². The van der Waals surface area contributed by atoms with Crippen molar-refractivity contribution in [2.45, 2.75) is 53.1 Å². The van der Waals surface area contributed by atoms with Gasteiger partial charge in [-0.25, -0.2) is 4.79 Å². The van der Waals surface area contributed by atoms with Gasteiger partial charge in [0.2, 0.25) is 0 Å². The minimum atomic E-state index is -0.502. The van der Waals surface area contributed by atoms with Crippen LogP contribution in [-0.2, 0) is 6.42 Å². The summed E-state index contributed by atoms with van der Waals surface area (Å²) in [6.07, 6.45) is 1.80. The summed E-state index contributed by atoms with van der Waals surface area (Å²) in [5.41, 5.74) is 16.5. The zero-order valence-corrected chi connectivity index (χ0v) is 16.0. The molecule has 0 saturated carbocycles. The molecule has 0 fully saturated rings. The van der Waals surface area contributed by atoms with Crippen molar-refractivity contribution in [3.8, 4) is 11.5 Å². The maximum Gasteiger partial charge on any atom is 0.345 e. The molecule has 0 amide bonds. The van der Waals surface area contributed by atoms with E-state index >= 15 is 0 Å². The third kappa shape index (κ3) is 3.09. The van der Waals surface area contributed by atoms with Crippen molar-refractivity contribution < 1.29 is 14.3 Å². The minimum absolute atomic E-state index is 0.190. The Kier molecular flexibility index (Phi) is 4.34. The molecule has 0 radical (unpaired) electrons. The second-order valence-electron chi connectivity index (χ2n) is 7.61. The number of carbonyl (C=O) groups excluding carboxylic acids is 1. The lowest BCUT2D eigenvalue weighted by Crippen LogP contribution is -2.33. The summed E-state index contributed by atoms with van der Waals surface area (Å²) in [5, 5.41) is 0. The predicted molar refractivity (Wildman–Crippen MR) is 104 cm³/mol. The summed E-state index contributed by atoms with van der Waals surface area (Å²) in [4.78, 5) is 12.7. The zero-order chi connectivity index (χ0) is 19.2. The smallest absolute Gasteiger partial charge is 0.345 e. The van der Waals surface area contributed by atoms with Crippen LogP contribution < -0.4 is 20.9 Å². The van der Waals surface area contributed by atoms with E-state index in [2.05, 4.69) is 13.8 Å². The fourth-order valence-corrected chi connectivity index (χ4v) is 3.40. The largest absolute Gasteiger partial charge is 0.487 e. The van der Waals surface area contributed by atoms with E-state index in [1.54, 1.807) is 18.2 Å². The maximum atomic E-state index is 12.7. The molecular formula is C21H26N2O3. The standard InChI is InChI=1S/C21H26N2O3/c1-11-12(2)19-15(8-9-21(4,5)26-19)13(3)18(11)25-20(24)16-10-14(22)6-7-17(16)23/h6-7,10H,8-9,22-23H2,1-5H3. The third-order valence-electron chi connectivity index (χ3n) is 5.16. The first-order valence-corrected chi connectivity index (χ1v) is 8.79. The van der Waals surface area contributed by atoms with E-state index in [-0.39, 0.29) is 11.2 Å². The molecule has 0 spiro atoms. The van der Waals surface area contributed by atoms with E-state index in [4.69, 9.17) is 20.9 Å². The lowest BCUT2D eigenvalue weighted by atomic mass is 9.88. The molecule has 2 aromatic rings. The number of carbonyl (C=O) groups is 1. The molecule has 1 aliphatic rings. The van der Waals surface area contributed by atoms with E-state index < -0.39 is 5.97 Å². The van der Waals surface area contributed by atoms with Crippen molar-refractivity contribution in [2.75, 3.05) is 11.5 Å². The first-order chi connectivity index (χ1) is 12.1.